The van der Waals surface area contributed by atoms with Crippen molar-refractivity contribution in [2.75, 3.05) is 19.6 Å². The Morgan fingerprint density at radius 1 is 0.697 bits per heavy atom. The monoisotopic (exact) mass is 1060 g/mol. The fourth-order valence-corrected chi connectivity index (χ4v) is 8.19. The number of carbonyl (C=O) groups excluding carboxylic acids is 9. The molecule has 9 amide bonds. The molecule has 1 aromatic heterocycles. The van der Waals surface area contributed by atoms with Crippen molar-refractivity contribution in [1.29, 1.82) is 0 Å². The minimum atomic E-state index is -1.60. The van der Waals surface area contributed by atoms with Gasteiger partial charge in [0.1, 0.15) is 42.3 Å². The minimum Gasteiger partial charge on any atom is -0.480 e. The van der Waals surface area contributed by atoms with E-state index in [4.69, 9.17) is 28.7 Å². The number of nitrogens with zero attached hydrogens (tertiary/aromatic N) is 2. The molecule has 1 aliphatic rings. The van der Waals surface area contributed by atoms with Crippen molar-refractivity contribution in [3.05, 3.63) is 71.9 Å². The predicted octanol–water partition coefficient (Wildman–Crippen LogP) is -3.49. The van der Waals surface area contributed by atoms with Crippen LogP contribution in [0.5, 0.6) is 0 Å². The van der Waals surface area contributed by atoms with Crippen molar-refractivity contribution in [2.45, 2.75) is 126 Å². The molecular weight excluding hydrogens is 989 g/mol. The Kier molecular flexibility index (Phi) is 23.9. The zero-order valence-electron chi connectivity index (χ0n) is 42.2. The lowest BCUT2D eigenvalue weighted by Crippen LogP contribution is -2.60. The van der Waals surface area contributed by atoms with Crippen LogP contribution in [0.1, 0.15) is 82.3 Å². The van der Waals surface area contributed by atoms with Crippen molar-refractivity contribution < 1.29 is 53.1 Å². The number of rotatable bonds is 19. The maximum atomic E-state index is 14.6. The standard InChI is InChI=1S/C49H70N16O11/c1-27(66)59-32(14-7-22-56-48(51)52)41(69)62-35-18-20-40(68)55-21-9-16-36(47(75)76)63-46(74)38(25-29-26-58-31-13-6-5-12-30(29)31)65-42(70)33(15-8-23-57-49(53)54)60-45(73)37(24-28-10-3-2-4-11-28)64-44(72)34(61-43(35)71)17-19-39(50)67/h2-6,10-13,26,32-38,58H,7-9,14-25H2,1H3,(H2,50,67)(H,55,68)(H,59,66)(H,60,73)(H,61,71)(H,62,69)(H,63,74)(H,64,72)(H,65,70)(H,75,76)(H4,51,52,56)(H4,53,54,57)/t32-,33+,34+,35+,36+,37-,38+/m0/s1. The topological polar surface area (TPSA) is 458 Å². The van der Waals surface area contributed by atoms with Gasteiger partial charge in [-0.25, -0.2) is 4.79 Å². The average molecular weight is 1060 g/mol. The first-order chi connectivity index (χ1) is 36.2. The van der Waals surface area contributed by atoms with Crippen molar-refractivity contribution in [1.82, 2.24) is 47.5 Å². The predicted molar refractivity (Wildman–Crippen MR) is 279 cm³/mol. The smallest absolute Gasteiger partial charge is 0.326 e. The maximum Gasteiger partial charge on any atom is 0.326 e. The van der Waals surface area contributed by atoms with Gasteiger partial charge in [-0.2, -0.15) is 0 Å². The first-order valence-corrected chi connectivity index (χ1v) is 24.8. The molecule has 0 bridgehead atoms. The molecule has 7 atom stereocenters. The Labute approximate surface area is 437 Å². The minimum absolute atomic E-state index is 0.00680. The molecule has 0 radical (unpaired) electrons. The number of H-pyrrole nitrogens is 1. The highest BCUT2D eigenvalue weighted by Gasteiger charge is 2.35. The first-order valence-electron chi connectivity index (χ1n) is 24.8. The van der Waals surface area contributed by atoms with Gasteiger partial charge in [-0.3, -0.25) is 53.1 Å². The second kappa shape index (κ2) is 30.4. The highest BCUT2D eigenvalue weighted by molar-refractivity contribution is 5.98. The SMILES string of the molecule is CC(=O)N[C@@H](CCCN=C(N)N)C(=O)N[C@@H]1CCC(=O)NCCC[C@H](C(=O)O)NC(=O)[C@@H](Cc2c[nH]c3ccccc23)NC(=O)[C@@H](CCCN=C(N)N)NC(=O)[C@H](Cc2ccccc2)NC(=O)[C@@H](CCC(N)=O)NC1=O. The van der Waals surface area contributed by atoms with Gasteiger partial charge in [-0.15, -0.1) is 0 Å². The van der Waals surface area contributed by atoms with E-state index in [2.05, 4.69) is 57.5 Å². The second-order valence-corrected chi connectivity index (χ2v) is 18.1. The molecule has 20 N–H and O–H groups in total. The van der Waals surface area contributed by atoms with Crippen molar-refractivity contribution in [2.24, 2.45) is 38.7 Å². The Bertz CT molecular complexity index is 2580. The molecule has 27 heteroatoms. The number of amides is 9. The number of aliphatic imine (C=N–C) groups is 2. The summed E-state index contributed by atoms with van der Waals surface area (Å²) in [6.45, 7) is 1.18. The number of carbonyl (C=O) groups is 10. The van der Waals surface area contributed by atoms with Gasteiger partial charge in [0.05, 0.1) is 0 Å². The summed E-state index contributed by atoms with van der Waals surface area (Å²) in [5.74, 6) is -9.41. The summed E-state index contributed by atoms with van der Waals surface area (Å²) >= 11 is 0. The van der Waals surface area contributed by atoms with Crippen molar-refractivity contribution in [3.8, 4) is 0 Å². The number of aromatic nitrogens is 1. The fraction of sp³-hybridized carbons (Fsp3) is 0.469. The molecule has 27 nitrogen and oxygen atoms in total. The highest BCUT2D eigenvalue weighted by Crippen LogP contribution is 2.20. The Balaban J connectivity index is 1.78. The van der Waals surface area contributed by atoms with Gasteiger partial charge in [0, 0.05) is 69.3 Å². The highest BCUT2D eigenvalue weighted by atomic mass is 16.4. The van der Waals surface area contributed by atoms with E-state index in [-0.39, 0.29) is 89.3 Å². The third-order valence-electron chi connectivity index (χ3n) is 12.1. The molecule has 4 rings (SSSR count). The van der Waals surface area contributed by atoms with Gasteiger partial charge in [0.15, 0.2) is 11.9 Å². The summed E-state index contributed by atoms with van der Waals surface area (Å²) in [7, 11) is 0. The lowest BCUT2D eigenvalue weighted by Gasteiger charge is -2.28. The van der Waals surface area contributed by atoms with Crippen LogP contribution >= 0.6 is 0 Å². The zero-order valence-corrected chi connectivity index (χ0v) is 42.2. The van der Waals surface area contributed by atoms with Crippen LogP contribution in [0, 0.1) is 0 Å². The number of nitrogens with two attached hydrogens (primary N) is 5. The van der Waals surface area contributed by atoms with E-state index in [1.165, 1.54) is 6.92 Å². The first kappa shape index (κ1) is 59.8. The van der Waals surface area contributed by atoms with Crippen LogP contribution in [0.25, 0.3) is 10.9 Å². The summed E-state index contributed by atoms with van der Waals surface area (Å²) in [5, 5.41) is 31.7. The van der Waals surface area contributed by atoms with Gasteiger partial charge in [0.2, 0.25) is 53.2 Å². The molecule has 0 spiro atoms. The molecule has 412 valence electrons. The van der Waals surface area contributed by atoms with Crippen LogP contribution in [0.2, 0.25) is 0 Å². The summed E-state index contributed by atoms with van der Waals surface area (Å²) < 4.78 is 0. The maximum absolute atomic E-state index is 14.6. The van der Waals surface area contributed by atoms with E-state index in [9.17, 15) is 53.1 Å². The summed E-state index contributed by atoms with van der Waals surface area (Å²) in [5.41, 5.74) is 29.3. The molecule has 0 unspecified atom stereocenters. The molecule has 76 heavy (non-hydrogen) atoms. The number of carboxylic acids is 1. The summed E-state index contributed by atoms with van der Waals surface area (Å²) in [6.07, 6.45) is -0.265. The molecule has 3 aromatic rings. The Morgan fingerprint density at radius 3 is 1.92 bits per heavy atom. The number of guanidine groups is 2. The number of hydrogen-bond acceptors (Lipinski definition) is 12. The molecule has 2 aromatic carbocycles. The number of aliphatic carboxylic acids is 1. The summed E-state index contributed by atoms with van der Waals surface area (Å²) in [4.78, 5) is 147. The van der Waals surface area contributed by atoms with Crippen LogP contribution < -0.4 is 71.2 Å². The summed E-state index contributed by atoms with van der Waals surface area (Å²) in [6, 6.07) is 5.38. The number of benzene rings is 2. The number of para-hydroxylation sites is 1. The van der Waals surface area contributed by atoms with E-state index in [1.54, 1.807) is 60.8 Å². The van der Waals surface area contributed by atoms with Crippen LogP contribution in [-0.4, -0.2) is 143 Å². The number of fused-ring (bicyclic) bond motifs is 1. The van der Waals surface area contributed by atoms with E-state index in [0.717, 1.165) is 10.9 Å². The van der Waals surface area contributed by atoms with Gasteiger partial charge in [-0.05, 0) is 68.6 Å². The number of nitrogens with one attached hydrogen (secondary N) is 9. The number of primary amides is 1. The van der Waals surface area contributed by atoms with Crippen LogP contribution in [-0.2, 0) is 60.8 Å². The molecule has 0 saturated carbocycles. The molecule has 1 saturated heterocycles. The lowest BCUT2D eigenvalue weighted by atomic mass is 10.0. The van der Waals surface area contributed by atoms with Crippen molar-refractivity contribution in [3.63, 3.8) is 0 Å². The van der Waals surface area contributed by atoms with E-state index < -0.39 is 121 Å². The molecule has 2 heterocycles. The number of carboxylic acid groups (broad SMARTS) is 1. The zero-order chi connectivity index (χ0) is 55.7. The number of aromatic amines is 1. The van der Waals surface area contributed by atoms with Crippen molar-refractivity contribution >= 4 is 82.0 Å². The lowest BCUT2D eigenvalue weighted by molar-refractivity contribution is -0.142. The van der Waals surface area contributed by atoms with E-state index in [1.807, 2.05) is 0 Å². The third-order valence-corrected chi connectivity index (χ3v) is 12.1. The average Bonchev–Trinajstić information content (AvgIpc) is 3.78. The van der Waals surface area contributed by atoms with Crippen LogP contribution in [0.3, 0.4) is 0 Å². The normalized spacial score (nSPS) is 20.9. The second-order valence-electron chi connectivity index (χ2n) is 18.1. The van der Waals surface area contributed by atoms with E-state index >= 15 is 0 Å². The van der Waals surface area contributed by atoms with Crippen LogP contribution in [0.15, 0.2) is 70.8 Å². The van der Waals surface area contributed by atoms with Gasteiger partial charge >= 0.3 is 5.97 Å². The largest absolute Gasteiger partial charge is 0.480 e. The quantitative estimate of drug-likeness (QED) is 0.0315. The van der Waals surface area contributed by atoms with Crippen LogP contribution in [0.4, 0.5) is 0 Å². The van der Waals surface area contributed by atoms with Gasteiger partial charge < -0.3 is 81.3 Å². The molecule has 1 aliphatic heterocycles. The Hall–Kier alpha value is -8.78. The fourth-order valence-electron chi connectivity index (χ4n) is 8.19. The van der Waals surface area contributed by atoms with E-state index in [0.29, 0.717) is 11.1 Å². The molecule has 1 fully saturated rings. The number of hydrogen-bond donors (Lipinski definition) is 15. The molecule has 0 aliphatic carbocycles. The molecular formula is C49H70N16O11. The third kappa shape index (κ3) is 20.6. The van der Waals surface area contributed by atoms with Gasteiger partial charge in [0.25, 0.3) is 0 Å². The van der Waals surface area contributed by atoms with Gasteiger partial charge in [-0.1, -0.05) is 48.5 Å². The Morgan fingerprint density at radius 2 is 1.28 bits per heavy atom.